The van der Waals surface area contributed by atoms with Gasteiger partial charge in [-0.2, -0.15) is 0 Å². The quantitative estimate of drug-likeness (QED) is 0.865. The van der Waals surface area contributed by atoms with Gasteiger partial charge in [-0.1, -0.05) is 18.2 Å². The lowest BCUT2D eigenvalue weighted by Crippen LogP contribution is -2.22. The van der Waals surface area contributed by atoms with Gasteiger partial charge < -0.3 is 5.32 Å². The van der Waals surface area contributed by atoms with Crippen LogP contribution in [0.1, 0.15) is 42.0 Å². The topological polar surface area (TPSA) is 12.0 Å². The van der Waals surface area contributed by atoms with Crippen LogP contribution in [-0.2, 0) is 0 Å². The van der Waals surface area contributed by atoms with Crippen LogP contribution >= 0.6 is 0 Å². The highest BCUT2D eigenvalue weighted by Crippen LogP contribution is 2.72. The molecule has 3 aliphatic rings. The second kappa shape index (κ2) is 4.09. The predicted octanol–water partition coefficient (Wildman–Crippen LogP) is 3.86. The molecule has 0 aliphatic heterocycles. The first kappa shape index (κ1) is 12.0. The lowest BCUT2D eigenvalue weighted by atomic mass is 9.91. The Kier molecular flexibility index (Phi) is 2.57. The molecule has 5 atom stereocenters. The lowest BCUT2D eigenvalue weighted by Gasteiger charge is -2.21. The minimum Gasteiger partial charge on any atom is -0.313 e. The van der Waals surface area contributed by atoms with E-state index < -0.39 is 0 Å². The Morgan fingerprint density at radius 1 is 1.05 bits per heavy atom. The van der Waals surface area contributed by atoms with Gasteiger partial charge in [0.2, 0.25) is 0 Å². The molecule has 1 aromatic carbocycles. The first-order chi connectivity index (χ1) is 9.20. The van der Waals surface area contributed by atoms with Crippen molar-refractivity contribution in [1.29, 1.82) is 0 Å². The predicted molar refractivity (Wildman–Crippen MR) is 79.0 cm³/mol. The summed E-state index contributed by atoms with van der Waals surface area (Å²) in [5.74, 6) is 5.18. The highest BCUT2D eigenvalue weighted by molar-refractivity contribution is 5.34. The molecule has 0 saturated heterocycles. The van der Waals surface area contributed by atoms with Gasteiger partial charge in [0.1, 0.15) is 0 Å². The second-order valence-electron chi connectivity index (χ2n) is 7.18. The molecule has 3 aliphatic carbocycles. The van der Waals surface area contributed by atoms with Crippen molar-refractivity contribution in [3.8, 4) is 0 Å². The van der Waals surface area contributed by atoms with E-state index in [1.54, 1.807) is 6.42 Å². The van der Waals surface area contributed by atoms with Crippen LogP contribution in [0, 0.1) is 43.4 Å². The monoisotopic (exact) mass is 255 g/mol. The third-order valence-electron chi connectivity index (χ3n) is 6.38. The van der Waals surface area contributed by atoms with E-state index in [9.17, 15) is 0 Å². The number of hydrogen-bond acceptors (Lipinski definition) is 1. The van der Waals surface area contributed by atoms with Gasteiger partial charge in [0.05, 0.1) is 0 Å². The zero-order valence-corrected chi connectivity index (χ0v) is 12.3. The maximum Gasteiger partial charge on any atom is 0.0351 e. The normalized spacial score (nSPS) is 40.3. The Morgan fingerprint density at radius 2 is 1.74 bits per heavy atom. The molecular formula is C18H25N. The van der Waals surface area contributed by atoms with E-state index in [4.69, 9.17) is 0 Å². The van der Waals surface area contributed by atoms with Crippen LogP contribution in [0.5, 0.6) is 0 Å². The van der Waals surface area contributed by atoms with E-state index in [2.05, 4.69) is 44.4 Å². The number of rotatable bonds is 3. The summed E-state index contributed by atoms with van der Waals surface area (Å²) in [7, 11) is 2.15. The molecule has 102 valence electrons. The molecule has 0 amide bonds. The van der Waals surface area contributed by atoms with Gasteiger partial charge >= 0.3 is 0 Å². The standard InChI is InChI=1S/C18H25N/c1-10-4-5-14(8-11(10)2)18(19-3)17-15-12-6-7-13(9-12)16(15)17/h4-5,8,12-13,15-19H,6-7,9H2,1-3H3. The molecule has 3 fully saturated rings. The van der Waals surface area contributed by atoms with Gasteiger partial charge in [-0.25, -0.2) is 0 Å². The van der Waals surface area contributed by atoms with Gasteiger partial charge in [-0.3, -0.25) is 0 Å². The van der Waals surface area contributed by atoms with Gasteiger partial charge in [-0.05, 0) is 86.4 Å². The van der Waals surface area contributed by atoms with Crippen molar-refractivity contribution in [2.75, 3.05) is 7.05 Å². The van der Waals surface area contributed by atoms with Crippen molar-refractivity contribution < 1.29 is 0 Å². The fraction of sp³-hybridized carbons (Fsp3) is 0.667. The fourth-order valence-electron chi connectivity index (χ4n) is 5.38. The Balaban J connectivity index is 1.61. The van der Waals surface area contributed by atoms with E-state index in [1.807, 2.05) is 0 Å². The van der Waals surface area contributed by atoms with Crippen LogP contribution < -0.4 is 5.32 Å². The molecule has 19 heavy (non-hydrogen) atoms. The van der Waals surface area contributed by atoms with Crippen LogP contribution in [-0.4, -0.2) is 7.05 Å². The van der Waals surface area contributed by atoms with E-state index in [-0.39, 0.29) is 0 Å². The highest BCUT2D eigenvalue weighted by atomic mass is 14.9. The molecule has 3 saturated carbocycles. The molecule has 5 unspecified atom stereocenters. The molecule has 0 spiro atoms. The molecule has 1 nitrogen and oxygen atoms in total. The summed E-state index contributed by atoms with van der Waals surface area (Å²) in [4.78, 5) is 0. The van der Waals surface area contributed by atoms with E-state index in [0.29, 0.717) is 6.04 Å². The summed E-state index contributed by atoms with van der Waals surface area (Å²) in [6, 6.07) is 7.64. The first-order valence-electron chi connectivity index (χ1n) is 7.95. The summed E-state index contributed by atoms with van der Waals surface area (Å²) in [5.41, 5.74) is 4.37. The maximum atomic E-state index is 3.62. The summed E-state index contributed by atoms with van der Waals surface area (Å²) < 4.78 is 0. The molecule has 1 heteroatoms. The minimum absolute atomic E-state index is 0.595. The molecular weight excluding hydrogens is 230 g/mol. The molecule has 0 radical (unpaired) electrons. The molecule has 0 heterocycles. The summed E-state index contributed by atoms with van der Waals surface area (Å²) in [6.45, 7) is 4.45. The average Bonchev–Trinajstić information content (AvgIpc) is 2.82. The smallest absolute Gasteiger partial charge is 0.0351 e. The van der Waals surface area contributed by atoms with Crippen molar-refractivity contribution in [2.45, 2.75) is 39.2 Å². The molecule has 0 aromatic heterocycles. The van der Waals surface area contributed by atoms with Crippen LogP contribution in [0.15, 0.2) is 18.2 Å². The largest absolute Gasteiger partial charge is 0.313 e. The molecule has 4 rings (SSSR count). The third-order valence-corrected chi connectivity index (χ3v) is 6.38. The Bertz CT molecular complexity index is 490. The Morgan fingerprint density at radius 3 is 2.32 bits per heavy atom. The SMILES string of the molecule is CNC(c1ccc(C)c(C)c1)C1C2C3CCC(C3)C21. The van der Waals surface area contributed by atoms with Crippen LogP contribution in [0.25, 0.3) is 0 Å². The van der Waals surface area contributed by atoms with Gasteiger partial charge in [0.15, 0.2) is 0 Å². The molecule has 1 aromatic rings. The number of benzene rings is 1. The van der Waals surface area contributed by atoms with Crippen molar-refractivity contribution in [3.05, 3.63) is 34.9 Å². The van der Waals surface area contributed by atoms with E-state index >= 15 is 0 Å². The van der Waals surface area contributed by atoms with Gasteiger partial charge in [0.25, 0.3) is 0 Å². The van der Waals surface area contributed by atoms with Crippen molar-refractivity contribution in [1.82, 2.24) is 5.32 Å². The number of fused-ring (bicyclic) bond motifs is 5. The average molecular weight is 255 g/mol. The minimum atomic E-state index is 0.595. The second-order valence-corrected chi connectivity index (χ2v) is 7.18. The zero-order chi connectivity index (χ0) is 13.1. The van der Waals surface area contributed by atoms with Crippen LogP contribution in [0.3, 0.4) is 0 Å². The van der Waals surface area contributed by atoms with E-state index in [0.717, 1.165) is 29.6 Å². The molecule has 1 N–H and O–H groups in total. The van der Waals surface area contributed by atoms with Crippen LogP contribution in [0.2, 0.25) is 0 Å². The Labute approximate surface area is 116 Å². The van der Waals surface area contributed by atoms with Crippen molar-refractivity contribution >= 4 is 0 Å². The first-order valence-corrected chi connectivity index (χ1v) is 7.95. The molecule has 2 bridgehead atoms. The van der Waals surface area contributed by atoms with Crippen molar-refractivity contribution in [3.63, 3.8) is 0 Å². The van der Waals surface area contributed by atoms with E-state index in [1.165, 1.54) is 29.5 Å². The Hall–Kier alpha value is -0.820. The highest BCUT2D eigenvalue weighted by Gasteiger charge is 2.66. The number of nitrogens with one attached hydrogen (secondary N) is 1. The summed E-state index contributed by atoms with van der Waals surface area (Å²) >= 11 is 0. The third kappa shape index (κ3) is 1.64. The van der Waals surface area contributed by atoms with Crippen LogP contribution in [0.4, 0.5) is 0 Å². The number of aryl methyl sites for hydroxylation is 2. The lowest BCUT2D eigenvalue weighted by molar-refractivity contribution is 0.385. The number of hydrogen-bond donors (Lipinski definition) is 1. The van der Waals surface area contributed by atoms with Crippen molar-refractivity contribution in [2.24, 2.45) is 29.6 Å². The van der Waals surface area contributed by atoms with Gasteiger partial charge in [0, 0.05) is 6.04 Å². The zero-order valence-electron chi connectivity index (χ0n) is 12.3. The van der Waals surface area contributed by atoms with Gasteiger partial charge in [-0.15, -0.1) is 0 Å². The summed E-state index contributed by atoms with van der Waals surface area (Å²) in [6.07, 6.45) is 4.59. The fourth-order valence-corrected chi connectivity index (χ4v) is 5.38. The maximum absolute atomic E-state index is 3.62. The summed E-state index contributed by atoms with van der Waals surface area (Å²) in [5, 5.41) is 3.62.